The van der Waals surface area contributed by atoms with Crippen molar-refractivity contribution in [1.82, 2.24) is 0 Å². The fourth-order valence-corrected chi connectivity index (χ4v) is 1.76. The van der Waals surface area contributed by atoms with Crippen LogP contribution in [0.15, 0.2) is 22.7 Å². The third-order valence-corrected chi connectivity index (χ3v) is 3.70. The number of benzene rings is 1. The Balaban J connectivity index is 3.35. The van der Waals surface area contributed by atoms with E-state index in [0.29, 0.717) is 4.47 Å². The Labute approximate surface area is 107 Å². The summed E-state index contributed by atoms with van der Waals surface area (Å²) in [6.45, 7) is 4.01. The van der Waals surface area contributed by atoms with Crippen LogP contribution in [-0.4, -0.2) is 16.2 Å². The van der Waals surface area contributed by atoms with Crippen LogP contribution in [-0.2, 0) is 10.4 Å². The van der Waals surface area contributed by atoms with Gasteiger partial charge in [-0.25, -0.2) is 4.39 Å². The zero-order valence-corrected chi connectivity index (χ0v) is 11.4. The number of hydrogen-bond donors (Lipinski definition) is 2. The lowest BCUT2D eigenvalue weighted by Crippen LogP contribution is -2.45. The van der Waals surface area contributed by atoms with Gasteiger partial charge in [-0.2, -0.15) is 0 Å². The molecule has 0 spiro atoms. The van der Waals surface area contributed by atoms with Gasteiger partial charge in [-0.15, -0.1) is 0 Å². The Bertz CT molecular complexity index is 455. The van der Waals surface area contributed by atoms with Crippen molar-refractivity contribution >= 4 is 21.9 Å². The normalized spacial score (nSPS) is 15.4. The van der Waals surface area contributed by atoms with Gasteiger partial charge in [0.25, 0.3) is 0 Å². The minimum Gasteiger partial charge on any atom is -0.481 e. The number of carboxylic acids is 1. The molecule has 0 saturated heterocycles. The second-order valence-electron chi connectivity index (χ2n) is 4.63. The predicted octanol–water partition coefficient (Wildman–Crippen LogP) is 2.91. The first-order valence-corrected chi connectivity index (χ1v) is 5.81. The lowest BCUT2D eigenvalue weighted by molar-refractivity contribution is -0.164. The Morgan fingerprint density at radius 3 is 2.29 bits per heavy atom. The number of halogens is 2. The standard InChI is InChI=1S/C12H14BrFO3/c1-11(2,10(15)16)12(3,17)8-5-4-7(13)6-9(8)14/h4-6,17H,1-3H3,(H,15,16). The van der Waals surface area contributed by atoms with Gasteiger partial charge >= 0.3 is 5.97 Å². The quantitative estimate of drug-likeness (QED) is 0.903. The molecule has 1 atom stereocenters. The molecule has 0 radical (unpaired) electrons. The summed E-state index contributed by atoms with van der Waals surface area (Å²) < 4.78 is 14.3. The Morgan fingerprint density at radius 1 is 1.35 bits per heavy atom. The van der Waals surface area contributed by atoms with Crippen LogP contribution in [0.5, 0.6) is 0 Å². The van der Waals surface area contributed by atoms with E-state index in [-0.39, 0.29) is 5.56 Å². The van der Waals surface area contributed by atoms with Gasteiger partial charge in [-0.05, 0) is 32.9 Å². The Morgan fingerprint density at radius 2 is 1.88 bits per heavy atom. The van der Waals surface area contributed by atoms with E-state index in [2.05, 4.69) is 15.9 Å². The van der Waals surface area contributed by atoms with Gasteiger partial charge in [0, 0.05) is 10.0 Å². The van der Waals surface area contributed by atoms with E-state index in [1.807, 2.05) is 0 Å². The molecule has 1 aromatic rings. The fraction of sp³-hybridized carbons (Fsp3) is 0.417. The Hall–Kier alpha value is -0.940. The number of aliphatic hydroxyl groups is 1. The van der Waals surface area contributed by atoms with Crippen LogP contribution < -0.4 is 0 Å². The first-order valence-electron chi connectivity index (χ1n) is 5.02. The van der Waals surface area contributed by atoms with Gasteiger partial charge in [0.1, 0.15) is 11.4 Å². The zero-order chi connectivity index (χ0) is 13.4. The topological polar surface area (TPSA) is 57.5 Å². The molecular formula is C12H14BrFO3. The van der Waals surface area contributed by atoms with Crippen molar-refractivity contribution in [3.63, 3.8) is 0 Å². The lowest BCUT2D eigenvalue weighted by Gasteiger charge is -2.37. The van der Waals surface area contributed by atoms with Crippen LogP contribution in [0.2, 0.25) is 0 Å². The second kappa shape index (κ2) is 4.38. The van der Waals surface area contributed by atoms with E-state index in [4.69, 9.17) is 5.11 Å². The highest BCUT2D eigenvalue weighted by Gasteiger charge is 2.48. The average Bonchev–Trinajstić information content (AvgIpc) is 2.16. The number of hydrogen-bond acceptors (Lipinski definition) is 2. The highest BCUT2D eigenvalue weighted by Crippen LogP contribution is 2.41. The van der Waals surface area contributed by atoms with Crippen LogP contribution in [0.3, 0.4) is 0 Å². The fourth-order valence-electron chi connectivity index (χ4n) is 1.43. The van der Waals surface area contributed by atoms with Crippen LogP contribution in [0.25, 0.3) is 0 Å². The maximum Gasteiger partial charge on any atom is 0.312 e. The van der Waals surface area contributed by atoms with Gasteiger partial charge in [0.05, 0.1) is 5.41 Å². The molecule has 5 heteroatoms. The molecule has 0 aliphatic heterocycles. The molecule has 0 aromatic heterocycles. The number of carbonyl (C=O) groups is 1. The van der Waals surface area contributed by atoms with Crippen molar-refractivity contribution in [2.75, 3.05) is 0 Å². The summed E-state index contributed by atoms with van der Waals surface area (Å²) in [5, 5.41) is 19.4. The summed E-state index contributed by atoms with van der Waals surface area (Å²) in [7, 11) is 0. The number of carboxylic acid groups (broad SMARTS) is 1. The Kier molecular flexibility index (Phi) is 3.64. The smallest absolute Gasteiger partial charge is 0.312 e. The molecular weight excluding hydrogens is 291 g/mol. The molecule has 0 bridgehead atoms. The molecule has 1 unspecified atom stereocenters. The molecule has 3 nitrogen and oxygen atoms in total. The van der Waals surface area contributed by atoms with Gasteiger partial charge in [0.15, 0.2) is 0 Å². The van der Waals surface area contributed by atoms with Crippen LogP contribution >= 0.6 is 15.9 Å². The van der Waals surface area contributed by atoms with E-state index in [1.54, 1.807) is 6.07 Å². The molecule has 1 aromatic carbocycles. The monoisotopic (exact) mass is 304 g/mol. The number of rotatable bonds is 3. The minimum absolute atomic E-state index is 0.0342. The SMILES string of the molecule is CC(C)(C(=O)O)C(C)(O)c1ccc(Br)cc1F. The largest absolute Gasteiger partial charge is 0.481 e. The second-order valence-corrected chi connectivity index (χ2v) is 5.54. The van der Waals surface area contributed by atoms with E-state index in [9.17, 15) is 14.3 Å². The summed E-state index contributed by atoms with van der Waals surface area (Å²) in [5.74, 6) is -1.83. The van der Waals surface area contributed by atoms with E-state index >= 15 is 0 Å². The highest BCUT2D eigenvalue weighted by atomic mass is 79.9. The van der Waals surface area contributed by atoms with Crippen molar-refractivity contribution < 1.29 is 19.4 Å². The van der Waals surface area contributed by atoms with Gasteiger partial charge in [0.2, 0.25) is 0 Å². The highest BCUT2D eigenvalue weighted by molar-refractivity contribution is 9.10. The predicted molar refractivity (Wildman–Crippen MR) is 65.1 cm³/mol. The maximum atomic E-state index is 13.8. The number of aliphatic carboxylic acids is 1. The molecule has 0 aliphatic carbocycles. The molecule has 0 amide bonds. The first-order chi connectivity index (χ1) is 7.60. The zero-order valence-electron chi connectivity index (χ0n) is 9.79. The summed E-state index contributed by atoms with van der Waals surface area (Å²) in [6.07, 6.45) is 0. The van der Waals surface area contributed by atoms with Crippen molar-refractivity contribution in [3.8, 4) is 0 Å². The van der Waals surface area contributed by atoms with Crippen molar-refractivity contribution in [3.05, 3.63) is 34.1 Å². The lowest BCUT2D eigenvalue weighted by atomic mass is 9.72. The van der Waals surface area contributed by atoms with Crippen molar-refractivity contribution in [2.24, 2.45) is 5.41 Å². The molecule has 94 valence electrons. The van der Waals surface area contributed by atoms with Crippen molar-refractivity contribution in [2.45, 2.75) is 26.4 Å². The molecule has 2 N–H and O–H groups in total. The molecule has 0 heterocycles. The van der Waals surface area contributed by atoms with Crippen molar-refractivity contribution in [1.29, 1.82) is 0 Å². The molecule has 0 fully saturated rings. The van der Waals surface area contributed by atoms with Gasteiger partial charge < -0.3 is 10.2 Å². The summed E-state index contributed by atoms with van der Waals surface area (Å²) in [4.78, 5) is 11.1. The van der Waals surface area contributed by atoms with E-state index in [0.717, 1.165) is 0 Å². The minimum atomic E-state index is -1.80. The van der Waals surface area contributed by atoms with Crippen LogP contribution in [0.1, 0.15) is 26.3 Å². The van der Waals surface area contributed by atoms with Gasteiger partial charge in [-0.1, -0.05) is 22.0 Å². The van der Waals surface area contributed by atoms with E-state index < -0.39 is 22.8 Å². The maximum absolute atomic E-state index is 13.8. The molecule has 17 heavy (non-hydrogen) atoms. The summed E-state index contributed by atoms with van der Waals surface area (Å²) >= 11 is 3.10. The van der Waals surface area contributed by atoms with E-state index in [1.165, 1.54) is 32.9 Å². The van der Waals surface area contributed by atoms with Crippen LogP contribution in [0.4, 0.5) is 4.39 Å². The molecule has 1 rings (SSSR count). The third-order valence-electron chi connectivity index (χ3n) is 3.21. The first kappa shape index (κ1) is 14.1. The van der Waals surface area contributed by atoms with Gasteiger partial charge in [-0.3, -0.25) is 4.79 Å². The molecule has 0 aliphatic rings. The summed E-state index contributed by atoms with van der Waals surface area (Å²) in [5.41, 5.74) is -3.33. The average molecular weight is 305 g/mol. The van der Waals surface area contributed by atoms with Crippen LogP contribution in [0, 0.1) is 11.2 Å². The molecule has 0 saturated carbocycles. The third kappa shape index (κ3) is 2.35. The summed E-state index contributed by atoms with van der Waals surface area (Å²) in [6, 6.07) is 4.14.